The van der Waals surface area contributed by atoms with Crippen molar-refractivity contribution in [1.82, 2.24) is 5.32 Å². The molecule has 1 aliphatic carbocycles. The van der Waals surface area contributed by atoms with Gasteiger partial charge < -0.3 is 10.4 Å². The first-order chi connectivity index (χ1) is 3.83. The van der Waals surface area contributed by atoms with Gasteiger partial charge in [-0.1, -0.05) is 0 Å². The Hall–Kier alpha value is -0.0800. The van der Waals surface area contributed by atoms with E-state index in [0.717, 1.165) is 13.1 Å². The van der Waals surface area contributed by atoms with Gasteiger partial charge in [-0.3, -0.25) is 0 Å². The van der Waals surface area contributed by atoms with Gasteiger partial charge in [-0.15, -0.1) is 0 Å². The molecule has 0 unspecified atom stereocenters. The molecule has 1 saturated carbocycles. The highest BCUT2D eigenvalue weighted by atomic mass is 16.3. The molecule has 2 N–H and O–H groups in total. The van der Waals surface area contributed by atoms with Crippen molar-refractivity contribution in [3.05, 3.63) is 0 Å². The van der Waals surface area contributed by atoms with Gasteiger partial charge in [-0.25, -0.2) is 0 Å². The number of hydrogen-bond donors (Lipinski definition) is 2. The van der Waals surface area contributed by atoms with Gasteiger partial charge >= 0.3 is 0 Å². The largest absolute Gasteiger partial charge is 0.391 e. The van der Waals surface area contributed by atoms with Crippen LogP contribution in [0.5, 0.6) is 0 Å². The average Bonchev–Trinajstić information content (AvgIpc) is 2.39. The van der Waals surface area contributed by atoms with E-state index in [9.17, 15) is 5.11 Å². The summed E-state index contributed by atoms with van der Waals surface area (Å²) in [6.45, 7) is 1.87. The number of β-amino-alcohol motifs (C(OH)–C–C–N with tert-alkyl or cyclic N) is 1. The molecule has 2 heteroatoms. The maximum atomic E-state index is 9.26. The van der Waals surface area contributed by atoms with Crippen LogP contribution >= 0.6 is 0 Å². The smallest absolute Gasteiger partial charge is 0.0732 e. The van der Waals surface area contributed by atoms with Gasteiger partial charge in [0, 0.05) is 18.5 Å². The molecule has 0 aromatic carbocycles. The Morgan fingerprint density at radius 3 is 2.50 bits per heavy atom. The lowest BCUT2D eigenvalue weighted by atomic mass is 10.0. The summed E-state index contributed by atoms with van der Waals surface area (Å²) in [5.74, 6) is 0. The zero-order chi connectivity index (χ0) is 5.61. The van der Waals surface area contributed by atoms with Gasteiger partial charge in [0.15, 0.2) is 0 Å². The molecule has 2 fully saturated rings. The summed E-state index contributed by atoms with van der Waals surface area (Å²) in [4.78, 5) is 0. The van der Waals surface area contributed by atoms with Gasteiger partial charge in [0.2, 0.25) is 0 Å². The topological polar surface area (TPSA) is 32.3 Å². The minimum atomic E-state index is -0.0394. The quantitative estimate of drug-likeness (QED) is 0.453. The van der Waals surface area contributed by atoms with Gasteiger partial charge in [0.05, 0.1) is 6.10 Å². The van der Waals surface area contributed by atoms with Crippen LogP contribution in [0.3, 0.4) is 0 Å². The second kappa shape index (κ2) is 1.25. The molecular weight excluding hydrogens is 102 g/mol. The Morgan fingerprint density at radius 2 is 2.25 bits per heavy atom. The predicted octanol–water partition coefficient (Wildman–Crippen LogP) is -0.269. The highest BCUT2D eigenvalue weighted by Crippen LogP contribution is 2.50. The molecule has 8 heavy (non-hydrogen) atoms. The lowest BCUT2D eigenvalue weighted by Gasteiger charge is -2.07. The second-order valence-electron chi connectivity index (χ2n) is 3.01. The van der Waals surface area contributed by atoms with Crippen LogP contribution in [0.1, 0.15) is 12.8 Å². The van der Waals surface area contributed by atoms with E-state index < -0.39 is 0 Å². The lowest BCUT2D eigenvalue weighted by Crippen LogP contribution is -2.18. The molecule has 0 aromatic heterocycles. The van der Waals surface area contributed by atoms with Crippen molar-refractivity contribution in [3.63, 3.8) is 0 Å². The Kier molecular flexibility index (Phi) is 0.746. The Morgan fingerprint density at radius 1 is 1.50 bits per heavy atom. The molecule has 1 aliphatic heterocycles. The Bertz CT molecular complexity index is 109. The zero-order valence-electron chi connectivity index (χ0n) is 4.85. The van der Waals surface area contributed by atoms with Crippen LogP contribution in [0.4, 0.5) is 0 Å². The fourth-order valence-electron chi connectivity index (χ4n) is 1.46. The molecule has 2 nitrogen and oxygen atoms in total. The third kappa shape index (κ3) is 0.446. The Balaban J connectivity index is 2.12. The molecule has 1 spiro atoms. The molecule has 1 atom stereocenters. The van der Waals surface area contributed by atoms with Crippen molar-refractivity contribution in [3.8, 4) is 0 Å². The van der Waals surface area contributed by atoms with Crippen LogP contribution < -0.4 is 5.32 Å². The summed E-state index contributed by atoms with van der Waals surface area (Å²) in [6, 6.07) is 0. The van der Waals surface area contributed by atoms with Crippen molar-refractivity contribution >= 4 is 0 Å². The van der Waals surface area contributed by atoms with E-state index >= 15 is 0 Å². The van der Waals surface area contributed by atoms with Crippen molar-refractivity contribution < 1.29 is 5.11 Å². The van der Waals surface area contributed by atoms with E-state index in [1.165, 1.54) is 12.8 Å². The molecule has 0 bridgehead atoms. The van der Waals surface area contributed by atoms with E-state index in [2.05, 4.69) is 5.32 Å². The van der Waals surface area contributed by atoms with Crippen LogP contribution in [0.15, 0.2) is 0 Å². The maximum absolute atomic E-state index is 9.26. The number of nitrogens with one attached hydrogen (secondary N) is 1. The number of hydrogen-bond acceptors (Lipinski definition) is 2. The van der Waals surface area contributed by atoms with E-state index in [1.807, 2.05) is 0 Å². The molecule has 1 saturated heterocycles. The summed E-state index contributed by atoms with van der Waals surface area (Å²) < 4.78 is 0. The van der Waals surface area contributed by atoms with E-state index in [-0.39, 0.29) is 6.10 Å². The molecule has 1 heterocycles. The third-order valence-corrected chi connectivity index (χ3v) is 2.41. The number of aliphatic hydroxyl groups is 1. The van der Waals surface area contributed by atoms with Gasteiger partial charge in [0.1, 0.15) is 0 Å². The minimum Gasteiger partial charge on any atom is -0.391 e. The number of aliphatic hydroxyl groups excluding tert-OH is 1. The fraction of sp³-hybridized carbons (Fsp3) is 1.00. The zero-order valence-corrected chi connectivity index (χ0v) is 4.85. The monoisotopic (exact) mass is 113 g/mol. The molecule has 0 amide bonds. The van der Waals surface area contributed by atoms with Crippen LogP contribution in [0.25, 0.3) is 0 Å². The molecule has 2 rings (SSSR count). The van der Waals surface area contributed by atoms with E-state index in [1.54, 1.807) is 0 Å². The van der Waals surface area contributed by atoms with Crippen LogP contribution in [0.2, 0.25) is 0 Å². The fourth-order valence-corrected chi connectivity index (χ4v) is 1.46. The summed E-state index contributed by atoms with van der Waals surface area (Å²) >= 11 is 0. The van der Waals surface area contributed by atoms with Crippen LogP contribution in [-0.2, 0) is 0 Å². The molecule has 2 aliphatic rings. The van der Waals surface area contributed by atoms with Crippen molar-refractivity contribution in [2.45, 2.75) is 18.9 Å². The van der Waals surface area contributed by atoms with Crippen molar-refractivity contribution in [2.24, 2.45) is 5.41 Å². The molecular formula is C6H11NO. The highest BCUT2D eigenvalue weighted by Gasteiger charge is 2.51. The van der Waals surface area contributed by atoms with Crippen molar-refractivity contribution in [2.75, 3.05) is 13.1 Å². The first kappa shape index (κ1) is 4.77. The first-order valence-electron chi connectivity index (χ1n) is 3.22. The standard InChI is InChI=1S/C6H11NO/c8-5-3-7-4-6(5)1-2-6/h5,7-8H,1-4H2/t5-/m1/s1. The minimum absolute atomic E-state index is 0.0394. The average molecular weight is 113 g/mol. The number of rotatable bonds is 0. The molecule has 46 valence electrons. The normalized spacial score (nSPS) is 40.9. The summed E-state index contributed by atoms with van der Waals surface area (Å²) in [7, 11) is 0. The summed E-state index contributed by atoms with van der Waals surface area (Å²) in [5.41, 5.74) is 0.347. The molecule has 0 radical (unpaired) electrons. The van der Waals surface area contributed by atoms with Gasteiger partial charge in [-0.05, 0) is 12.8 Å². The third-order valence-electron chi connectivity index (χ3n) is 2.41. The second-order valence-corrected chi connectivity index (χ2v) is 3.01. The summed E-state index contributed by atoms with van der Waals surface area (Å²) in [6.07, 6.45) is 2.44. The summed E-state index contributed by atoms with van der Waals surface area (Å²) in [5, 5.41) is 12.4. The van der Waals surface area contributed by atoms with Crippen molar-refractivity contribution in [1.29, 1.82) is 0 Å². The highest BCUT2D eigenvalue weighted by molar-refractivity contribution is 5.05. The van der Waals surface area contributed by atoms with E-state index in [0.29, 0.717) is 5.41 Å². The van der Waals surface area contributed by atoms with Crippen LogP contribution in [0, 0.1) is 5.41 Å². The predicted molar refractivity (Wildman–Crippen MR) is 30.5 cm³/mol. The van der Waals surface area contributed by atoms with E-state index in [4.69, 9.17) is 0 Å². The van der Waals surface area contributed by atoms with Gasteiger partial charge in [-0.2, -0.15) is 0 Å². The van der Waals surface area contributed by atoms with Crippen LogP contribution in [-0.4, -0.2) is 24.3 Å². The Labute approximate surface area is 48.9 Å². The lowest BCUT2D eigenvalue weighted by molar-refractivity contribution is 0.135. The first-order valence-corrected chi connectivity index (χ1v) is 3.22. The SMILES string of the molecule is O[C@@H]1CNCC12CC2. The van der Waals surface area contributed by atoms with Gasteiger partial charge in [0.25, 0.3) is 0 Å². The molecule has 0 aromatic rings. The maximum Gasteiger partial charge on any atom is 0.0732 e.